The molecule has 0 spiro atoms. The van der Waals surface area contributed by atoms with Crippen molar-refractivity contribution < 1.29 is 4.79 Å². The van der Waals surface area contributed by atoms with Crippen LogP contribution in [0.3, 0.4) is 0 Å². The minimum Gasteiger partial charge on any atom is -0.327 e. The standard InChI is InChI=1S/C14H16ClN3O/c1-2-9(16)8-13(19)18-12-6-5-11(15)10-4-3-7-17-14(10)12/h3-7,9H,2,8,16H2,1H3,(H,18,19). The molecule has 0 saturated carbocycles. The number of nitrogens with zero attached hydrogens (tertiary/aromatic N) is 1. The van der Waals surface area contributed by atoms with Crippen LogP contribution >= 0.6 is 11.6 Å². The monoisotopic (exact) mass is 277 g/mol. The summed E-state index contributed by atoms with van der Waals surface area (Å²) in [4.78, 5) is 16.1. The highest BCUT2D eigenvalue weighted by Crippen LogP contribution is 2.28. The van der Waals surface area contributed by atoms with Gasteiger partial charge in [0.15, 0.2) is 0 Å². The van der Waals surface area contributed by atoms with Gasteiger partial charge in [0, 0.05) is 24.0 Å². The fourth-order valence-electron chi connectivity index (χ4n) is 1.82. The maximum Gasteiger partial charge on any atom is 0.225 e. The van der Waals surface area contributed by atoms with Gasteiger partial charge in [-0.25, -0.2) is 0 Å². The number of carbonyl (C=O) groups is 1. The molecule has 1 unspecified atom stereocenters. The van der Waals surface area contributed by atoms with Gasteiger partial charge >= 0.3 is 0 Å². The van der Waals surface area contributed by atoms with Crippen molar-refractivity contribution in [1.82, 2.24) is 4.98 Å². The number of hydrogen-bond donors (Lipinski definition) is 2. The molecule has 2 aromatic rings. The number of aromatic nitrogens is 1. The molecule has 4 nitrogen and oxygen atoms in total. The topological polar surface area (TPSA) is 68.0 Å². The summed E-state index contributed by atoms with van der Waals surface area (Å²) >= 11 is 6.10. The minimum atomic E-state index is -0.119. The molecule has 0 aliphatic heterocycles. The van der Waals surface area contributed by atoms with Crippen LogP contribution in [0.5, 0.6) is 0 Å². The Kier molecular flexibility index (Phi) is 4.35. The molecule has 1 heterocycles. The molecule has 0 aliphatic carbocycles. The molecule has 0 fully saturated rings. The molecule has 3 N–H and O–H groups in total. The van der Waals surface area contributed by atoms with Crippen LogP contribution in [0.25, 0.3) is 10.9 Å². The summed E-state index contributed by atoms with van der Waals surface area (Å²) in [7, 11) is 0. The summed E-state index contributed by atoms with van der Waals surface area (Å²) in [6.07, 6.45) is 2.74. The third-order valence-electron chi connectivity index (χ3n) is 2.96. The number of fused-ring (bicyclic) bond motifs is 1. The fourth-order valence-corrected chi connectivity index (χ4v) is 2.04. The van der Waals surface area contributed by atoms with Crippen LogP contribution in [-0.2, 0) is 4.79 Å². The van der Waals surface area contributed by atoms with E-state index in [0.29, 0.717) is 22.6 Å². The van der Waals surface area contributed by atoms with Crippen LogP contribution in [0, 0.1) is 0 Å². The zero-order valence-corrected chi connectivity index (χ0v) is 11.4. The lowest BCUT2D eigenvalue weighted by Gasteiger charge is -2.11. The van der Waals surface area contributed by atoms with E-state index in [1.165, 1.54) is 0 Å². The summed E-state index contributed by atoms with van der Waals surface area (Å²) in [6.45, 7) is 1.96. The Balaban J connectivity index is 2.26. The second kappa shape index (κ2) is 5.99. The lowest BCUT2D eigenvalue weighted by Crippen LogP contribution is -2.26. The van der Waals surface area contributed by atoms with Gasteiger partial charge in [0.05, 0.1) is 16.2 Å². The van der Waals surface area contributed by atoms with Gasteiger partial charge in [0.2, 0.25) is 5.91 Å². The smallest absolute Gasteiger partial charge is 0.225 e. The number of nitrogens with one attached hydrogen (secondary N) is 1. The molecule has 0 radical (unpaired) electrons. The number of benzene rings is 1. The first-order valence-corrected chi connectivity index (χ1v) is 6.58. The van der Waals surface area contributed by atoms with Gasteiger partial charge in [-0.15, -0.1) is 0 Å². The molecule has 1 aromatic heterocycles. The molecule has 1 amide bonds. The quantitative estimate of drug-likeness (QED) is 0.903. The number of hydrogen-bond acceptors (Lipinski definition) is 3. The number of nitrogens with two attached hydrogens (primary N) is 1. The fraction of sp³-hybridized carbons (Fsp3) is 0.286. The molecule has 2 rings (SSSR count). The maximum absolute atomic E-state index is 11.9. The highest BCUT2D eigenvalue weighted by atomic mass is 35.5. The minimum absolute atomic E-state index is 0.108. The molecule has 0 aliphatic rings. The van der Waals surface area contributed by atoms with E-state index in [4.69, 9.17) is 17.3 Å². The van der Waals surface area contributed by atoms with Gasteiger partial charge in [0.1, 0.15) is 0 Å². The summed E-state index contributed by atoms with van der Waals surface area (Å²) in [5.74, 6) is -0.108. The van der Waals surface area contributed by atoms with Crippen molar-refractivity contribution in [1.29, 1.82) is 0 Å². The van der Waals surface area contributed by atoms with Crippen molar-refractivity contribution in [2.75, 3.05) is 5.32 Å². The van der Waals surface area contributed by atoms with Crippen LogP contribution in [0.15, 0.2) is 30.5 Å². The van der Waals surface area contributed by atoms with E-state index in [-0.39, 0.29) is 11.9 Å². The Morgan fingerprint density at radius 1 is 1.47 bits per heavy atom. The molecule has 19 heavy (non-hydrogen) atoms. The van der Waals surface area contributed by atoms with E-state index in [1.807, 2.05) is 19.1 Å². The van der Waals surface area contributed by atoms with E-state index >= 15 is 0 Å². The average Bonchev–Trinajstić information content (AvgIpc) is 2.42. The van der Waals surface area contributed by atoms with E-state index < -0.39 is 0 Å². The lowest BCUT2D eigenvalue weighted by molar-refractivity contribution is -0.116. The number of anilines is 1. The van der Waals surface area contributed by atoms with E-state index in [9.17, 15) is 4.79 Å². The van der Waals surface area contributed by atoms with Gasteiger partial charge in [0.25, 0.3) is 0 Å². The van der Waals surface area contributed by atoms with Crippen molar-refractivity contribution in [3.63, 3.8) is 0 Å². The predicted molar refractivity (Wildman–Crippen MR) is 78.3 cm³/mol. The van der Waals surface area contributed by atoms with Crippen molar-refractivity contribution in [2.24, 2.45) is 5.73 Å². The largest absolute Gasteiger partial charge is 0.327 e. The maximum atomic E-state index is 11.9. The van der Waals surface area contributed by atoms with E-state index in [2.05, 4.69) is 10.3 Å². The van der Waals surface area contributed by atoms with E-state index in [1.54, 1.807) is 18.3 Å². The zero-order valence-electron chi connectivity index (χ0n) is 10.7. The first-order valence-electron chi connectivity index (χ1n) is 6.20. The van der Waals surface area contributed by atoms with Crippen molar-refractivity contribution in [3.05, 3.63) is 35.5 Å². The lowest BCUT2D eigenvalue weighted by atomic mass is 10.1. The molecule has 100 valence electrons. The van der Waals surface area contributed by atoms with Gasteiger partial charge < -0.3 is 11.1 Å². The van der Waals surface area contributed by atoms with Crippen LogP contribution in [0.2, 0.25) is 5.02 Å². The van der Waals surface area contributed by atoms with Crippen molar-refractivity contribution >= 4 is 34.1 Å². The SMILES string of the molecule is CCC(N)CC(=O)Nc1ccc(Cl)c2cccnc12. The third kappa shape index (κ3) is 3.22. The normalized spacial score (nSPS) is 12.4. The Bertz CT molecular complexity index is 600. The summed E-state index contributed by atoms with van der Waals surface area (Å²) < 4.78 is 0. The highest BCUT2D eigenvalue weighted by Gasteiger charge is 2.11. The molecule has 1 atom stereocenters. The number of halogens is 1. The van der Waals surface area contributed by atoms with Crippen LogP contribution < -0.4 is 11.1 Å². The van der Waals surface area contributed by atoms with Crippen LogP contribution in [-0.4, -0.2) is 16.9 Å². The second-order valence-electron chi connectivity index (χ2n) is 4.42. The Morgan fingerprint density at radius 2 is 2.26 bits per heavy atom. The highest BCUT2D eigenvalue weighted by molar-refractivity contribution is 6.35. The van der Waals surface area contributed by atoms with Gasteiger partial charge in [-0.3, -0.25) is 9.78 Å². The zero-order chi connectivity index (χ0) is 13.8. The van der Waals surface area contributed by atoms with Gasteiger partial charge in [-0.05, 0) is 30.7 Å². The number of pyridine rings is 1. The Hall–Kier alpha value is -1.65. The summed E-state index contributed by atoms with van der Waals surface area (Å²) in [5.41, 5.74) is 7.12. The third-order valence-corrected chi connectivity index (χ3v) is 3.29. The second-order valence-corrected chi connectivity index (χ2v) is 4.82. The summed E-state index contributed by atoms with van der Waals surface area (Å²) in [6, 6.07) is 7.07. The molecule has 0 saturated heterocycles. The van der Waals surface area contributed by atoms with Gasteiger partial charge in [-0.2, -0.15) is 0 Å². The number of amides is 1. The Morgan fingerprint density at radius 3 is 3.00 bits per heavy atom. The molecule has 0 bridgehead atoms. The summed E-state index contributed by atoms with van der Waals surface area (Å²) in [5, 5.41) is 4.28. The number of carbonyl (C=O) groups excluding carboxylic acids is 1. The van der Waals surface area contributed by atoms with Crippen LogP contribution in [0.4, 0.5) is 5.69 Å². The number of rotatable bonds is 4. The molecule has 1 aromatic carbocycles. The Labute approximate surface area is 117 Å². The first-order chi connectivity index (χ1) is 9.11. The van der Waals surface area contributed by atoms with Gasteiger partial charge in [-0.1, -0.05) is 18.5 Å². The molecular formula is C14H16ClN3O. The van der Waals surface area contributed by atoms with E-state index in [0.717, 1.165) is 11.8 Å². The van der Waals surface area contributed by atoms with Crippen molar-refractivity contribution in [2.45, 2.75) is 25.8 Å². The van der Waals surface area contributed by atoms with Crippen molar-refractivity contribution in [3.8, 4) is 0 Å². The predicted octanol–water partition coefficient (Wildman–Crippen LogP) is 2.95. The first kappa shape index (κ1) is 13.8. The average molecular weight is 278 g/mol. The molecule has 5 heteroatoms. The molecular weight excluding hydrogens is 262 g/mol. The van der Waals surface area contributed by atoms with Crippen LogP contribution in [0.1, 0.15) is 19.8 Å².